The standard InChI is InChI=1S/C14H17Cl3N4O3S/c1-3-24-13(23)21-11(14(15,16)17)20-12(25)19-10-6-4-9(5-7-10)18-8(2)22/h4-7,11H,3H2,1-2H3,(H,18,22)(H,21,23)(H2,19,20,25)/t11-/m0/s1. The van der Waals surface area contributed by atoms with E-state index in [1.54, 1.807) is 31.2 Å². The van der Waals surface area contributed by atoms with Crippen LogP contribution in [0, 0.1) is 0 Å². The summed E-state index contributed by atoms with van der Waals surface area (Å²) in [5, 5.41) is 10.7. The molecule has 4 N–H and O–H groups in total. The molecule has 0 saturated heterocycles. The van der Waals surface area contributed by atoms with Crippen LogP contribution >= 0.6 is 47.0 Å². The van der Waals surface area contributed by atoms with Crippen LogP contribution in [0.1, 0.15) is 13.8 Å². The van der Waals surface area contributed by atoms with Crippen molar-refractivity contribution in [2.75, 3.05) is 17.2 Å². The lowest BCUT2D eigenvalue weighted by Crippen LogP contribution is -2.56. The summed E-state index contributed by atoms with van der Waals surface area (Å²) < 4.78 is 2.88. The van der Waals surface area contributed by atoms with Crippen molar-refractivity contribution in [1.29, 1.82) is 0 Å². The molecular weight excluding hydrogens is 411 g/mol. The number of nitrogens with one attached hydrogen (secondary N) is 4. The van der Waals surface area contributed by atoms with Gasteiger partial charge in [-0.15, -0.1) is 0 Å². The normalized spacial score (nSPS) is 11.9. The lowest BCUT2D eigenvalue weighted by Gasteiger charge is -2.27. The van der Waals surface area contributed by atoms with Crippen LogP contribution < -0.4 is 21.3 Å². The highest BCUT2D eigenvalue weighted by Gasteiger charge is 2.35. The van der Waals surface area contributed by atoms with E-state index in [2.05, 4.69) is 21.3 Å². The van der Waals surface area contributed by atoms with E-state index in [0.717, 1.165) is 0 Å². The summed E-state index contributed by atoms with van der Waals surface area (Å²) in [6.45, 7) is 3.23. The molecule has 25 heavy (non-hydrogen) atoms. The zero-order valence-corrected chi connectivity index (χ0v) is 16.4. The highest BCUT2D eigenvalue weighted by Crippen LogP contribution is 2.29. The highest BCUT2D eigenvalue weighted by atomic mass is 35.6. The van der Waals surface area contributed by atoms with Crippen molar-refractivity contribution in [2.45, 2.75) is 23.8 Å². The van der Waals surface area contributed by atoms with Gasteiger partial charge in [-0.1, -0.05) is 34.8 Å². The summed E-state index contributed by atoms with van der Waals surface area (Å²) in [4.78, 5) is 22.5. The van der Waals surface area contributed by atoms with Crippen molar-refractivity contribution >= 4 is 75.5 Å². The van der Waals surface area contributed by atoms with Gasteiger partial charge in [-0.25, -0.2) is 4.79 Å². The molecule has 0 bridgehead atoms. The fourth-order valence-electron chi connectivity index (χ4n) is 1.63. The van der Waals surface area contributed by atoms with Gasteiger partial charge in [0, 0.05) is 18.3 Å². The maximum atomic E-state index is 11.5. The van der Waals surface area contributed by atoms with Crippen LogP contribution in [0.4, 0.5) is 16.2 Å². The molecule has 1 atom stereocenters. The molecule has 11 heteroatoms. The van der Waals surface area contributed by atoms with E-state index in [1.807, 2.05) is 0 Å². The van der Waals surface area contributed by atoms with Gasteiger partial charge >= 0.3 is 6.09 Å². The SMILES string of the molecule is CCOC(=O)N[C@H](NC(=S)Nc1ccc(NC(C)=O)cc1)C(Cl)(Cl)Cl. The summed E-state index contributed by atoms with van der Waals surface area (Å²) in [7, 11) is 0. The number of halogens is 3. The first-order valence-corrected chi connectivity index (χ1v) is 8.61. The van der Waals surface area contributed by atoms with Crippen molar-refractivity contribution < 1.29 is 14.3 Å². The predicted molar refractivity (Wildman–Crippen MR) is 104 cm³/mol. The zero-order valence-electron chi connectivity index (χ0n) is 13.4. The number of carbonyl (C=O) groups excluding carboxylic acids is 2. The van der Waals surface area contributed by atoms with E-state index in [-0.39, 0.29) is 17.6 Å². The maximum absolute atomic E-state index is 11.5. The summed E-state index contributed by atoms with van der Waals surface area (Å²) in [5.41, 5.74) is 1.27. The number of hydrogen-bond donors (Lipinski definition) is 4. The van der Waals surface area contributed by atoms with Gasteiger partial charge in [-0.3, -0.25) is 10.1 Å². The molecule has 0 heterocycles. The van der Waals surface area contributed by atoms with E-state index in [4.69, 9.17) is 51.8 Å². The lowest BCUT2D eigenvalue weighted by atomic mass is 10.3. The van der Waals surface area contributed by atoms with Crippen molar-refractivity contribution in [3.63, 3.8) is 0 Å². The number of hydrogen-bond acceptors (Lipinski definition) is 4. The molecule has 1 aromatic carbocycles. The van der Waals surface area contributed by atoms with Crippen molar-refractivity contribution in [1.82, 2.24) is 10.6 Å². The molecule has 0 unspecified atom stereocenters. The minimum Gasteiger partial charge on any atom is -0.450 e. The largest absolute Gasteiger partial charge is 0.450 e. The second-order valence-electron chi connectivity index (χ2n) is 4.70. The number of ether oxygens (including phenoxy) is 1. The summed E-state index contributed by atoms with van der Waals surface area (Å²) in [5.74, 6) is -0.173. The fraction of sp³-hybridized carbons (Fsp3) is 0.357. The van der Waals surface area contributed by atoms with Crippen molar-refractivity contribution in [2.24, 2.45) is 0 Å². The van der Waals surface area contributed by atoms with E-state index in [9.17, 15) is 9.59 Å². The smallest absolute Gasteiger partial charge is 0.408 e. The van der Waals surface area contributed by atoms with Crippen LogP contribution in [0.2, 0.25) is 0 Å². The van der Waals surface area contributed by atoms with Gasteiger partial charge in [0.1, 0.15) is 0 Å². The summed E-state index contributed by atoms with van der Waals surface area (Å²) >= 11 is 22.6. The van der Waals surface area contributed by atoms with Crippen LogP contribution in [-0.2, 0) is 9.53 Å². The van der Waals surface area contributed by atoms with Gasteiger partial charge in [-0.05, 0) is 43.4 Å². The van der Waals surface area contributed by atoms with Gasteiger partial charge < -0.3 is 20.7 Å². The molecule has 0 aliphatic carbocycles. The van der Waals surface area contributed by atoms with Gasteiger partial charge in [0.25, 0.3) is 0 Å². The van der Waals surface area contributed by atoms with E-state index in [0.29, 0.717) is 11.4 Å². The zero-order chi connectivity index (χ0) is 19.0. The molecule has 0 saturated carbocycles. The number of anilines is 2. The quantitative estimate of drug-likeness (QED) is 0.327. The van der Waals surface area contributed by atoms with Gasteiger partial charge in [0.2, 0.25) is 9.70 Å². The Kier molecular flexibility index (Phi) is 8.51. The average molecular weight is 428 g/mol. The molecule has 0 aromatic heterocycles. The Morgan fingerprint density at radius 3 is 2.08 bits per heavy atom. The minimum absolute atomic E-state index is 0.111. The topological polar surface area (TPSA) is 91.5 Å². The lowest BCUT2D eigenvalue weighted by molar-refractivity contribution is -0.114. The average Bonchev–Trinajstić information content (AvgIpc) is 2.47. The number of rotatable bonds is 5. The Morgan fingerprint density at radius 1 is 1.12 bits per heavy atom. The number of amides is 2. The van der Waals surface area contributed by atoms with Gasteiger partial charge in [0.05, 0.1) is 6.61 Å². The number of benzene rings is 1. The first-order valence-electron chi connectivity index (χ1n) is 7.07. The number of alkyl carbamates (subject to hydrolysis) is 1. The molecule has 7 nitrogen and oxygen atoms in total. The minimum atomic E-state index is -1.87. The first kappa shape index (κ1) is 21.6. The van der Waals surface area contributed by atoms with Crippen LogP contribution in [0.15, 0.2) is 24.3 Å². The van der Waals surface area contributed by atoms with Crippen molar-refractivity contribution in [3.8, 4) is 0 Å². The second-order valence-corrected chi connectivity index (χ2v) is 7.47. The van der Waals surface area contributed by atoms with E-state index in [1.165, 1.54) is 6.92 Å². The molecule has 0 spiro atoms. The summed E-state index contributed by atoms with van der Waals surface area (Å²) in [6, 6.07) is 6.77. The third kappa shape index (κ3) is 8.44. The Hall–Kier alpha value is -1.48. The van der Waals surface area contributed by atoms with E-state index < -0.39 is 16.1 Å². The molecule has 1 rings (SSSR count). The van der Waals surface area contributed by atoms with Crippen LogP contribution in [-0.4, -0.2) is 33.7 Å². The number of thiocarbonyl (C=S) groups is 1. The Balaban J connectivity index is 2.67. The van der Waals surface area contributed by atoms with Crippen molar-refractivity contribution in [3.05, 3.63) is 24.3 Å². The Labute approximate surface area is 165 Å². The van der Waals surface area contributed by atoms with Crippen LogP contribution in [0.5, 0.6) is 0 Å². The van der Waals surface area contributed by atoms with Gasteiger partial charge in [-0.2, -0.15) is 0 Å². The second kappa shape index (κ2) is 9.86. The summed E-state index contributed by atoms with van der Waals surface area (Å²) in [6.07, 6.45) is -1.87. The third-order valence-corrected chi connectivity index (χ3v) is 3.48. The third-order valence-electron chi connectivity index (χ3n) is 2.60. The van der Waals surface area contributed by atoms with Gasteiger partial charge in [0.15, 0.2) is 11.3 Å². The molecule has 0 aliphatic heterocycles. The maximum Gasteiger partial charge on any atom is 0.408 e. The Bertz CT molecular complexity index is 623. The molecule has 1 aromatic rings. The monoisotopic (exact) mass is 426 g/mol. The first-order chi connectivity index (χ1) is 11.6. The molecule has 2 amide bonds. The predicted octanol–water partition coefficient (Wildman–Crippen LogP) is 3.37. The fourth-order valence-corrected chi connectivity index (χ4v) is 2.19. The Morgan fingerprint density at radius 2 is 1.64 bits per heavy atom. The van der Waals surface area contributed by atoms with E-state index >= 15 is 0 Å². The molecule has 0 radical (unpaired) electrons. The van der Waals surface area contributed by atoms with Crippen LogP contribution in [0.3, 0.4) is 0 Å². The molecule has 0 aliphatic rings. The van der Waals surface area contributed by atoms with Crippen LogP contribution in [0.25, 0.3) is 0 Å². The highest BCUT2D eigenvalue weighted by molar-refractivity contribution is 7.80. The number of alkyl halides is 3. The molecular formula is C14H17Cl3N4O3S. The number of carbonyl (C=O) groups is 2. The molecule has 0 fully saturated rings. The molecule has 138 valence electrons.